The fourth-order valence-electron chi connectivity index (χ4n) is 1.98. The summed E-state index contributed by atoms with van der Waals surface area (Å²) < 4.78 is 16.2. The highest BCUT2D eigenvalue weighted by atomic mass is 127. The van der Waals surface area contributed by atoms with Gasteiger partial charge in [0.1, 0.15) is 5.76 Å². The van der Waals surface area contributed by atoms with Gasteiger partial charge in [-0.05, 0) is 25.0 Å². The molecule has 2 heterocycles. The van der Waals surface area contributed by atoms with Gasteiger partial charge in [-0.25, -0.2) is 0 Å². The van der Waals surface area contributed by atoms with Crippen molar-refractivity contribution >= 4 is 29.9 Å². The van der Waals surface area contributed by atoms with Crippen LogP contribution >= 0.6 is 24.0 Å². The van der Waals surface area contributed by atoms with Gasteiger partial charge in [0.15, 0.2) is 5.96 Å². The van der Waals surface area contributed by atoms with Gasteiger partial charge in [0.25, 0.3) is 0 Å². The average molecular weight is 409 g/mol. The first-order chi connectivity index (χ1) is 9.88. The topological polar surface area (TPSA) is 68.0 Å². The summed E-state index contributed by atoms with van der Waals surface area (Å²) in [4.78, 5) is 4.15. The molecule has 0 aliphatic carbocycles. The van der Waals surface area contributed by atoms with Gasteiger partial charge < -0.3 is 24.5 Å². The van der Waals surface area contributed by atoms with Crippen molar-refractivity contribution in [2.75, 3.05) is 33.4 Å². The minimum atomic E-state index is 0. The van der Waals surface area contributed by atoms with Crippen LogP contribution in [0.1, 0.15) is 18.6 Å². The lowest BCUT2D eigenvalue weighted by atomic mass is 10.3. The molecule has 120 valence electrons. The Morgan fingerprint density at radius 2 is 2.38 bits per heavy atom. The fraction of sp³-hybridized carbons (Fsp3) is 0.643. The van der Waals surface area contributed by atoms with E-state index in [1.54, 1.807) is 13.3 Å². The van der Waals surface area contributed by atoms with E-state index >= 15 is 0 Å². The number of ether oxygens (including phenoxy) is 2. The molecule has 1 aliphatic heterocycles. The summed E-state index contributed by atoms with van der Waals surface area (Å²) in [6.07, 6.45) is 3.90. The van der Waals surface area contributed by atoms with Crippen molar-refractivity contribution < 1.29 is 13.9 Å². The normalized spacial score (nSPS) is 18.3. The van der Waals surface area contributed by atoms with Crippen LogP contribution < -0.4 is 10.6 Å². The Balaban J connectivity index is 0.00000220. The maximum atomic E-state index is 5.70. The van der Waals surface area contributed by atoms with E-state index in [-0.39, 0.29) is 30.1 Å². The van der Waals surface area contributed by atoms with Gasteiger partial charge in [0.2, 0.25) is 0 Å². The number of hydrogen-bond acceptors (Lipinski definition) is 4. The number of halogens is 1. The second kappa shape index (κ2) is 10.9. The summed E-state index contributed by atoms with van der Waals surface area (Å²) in [7, 11) is 1.75. The maximum absolute atomic E-state index is 5.70. The van der Waals surface area contributed by atoms with Crippen LogP contribution in [-0.4, -0.2) is 45.5 Å². The Bertz CT molecular complexity index is 392. The molecule has 6 nitrogen and oxygen atoms in total. The molecule has 2 N–H and O–H groups in total. The molecular weight excluding hydrogens is 385 g/mol. The van der Waals surface area contributed by atoms with E-state index in [0.29, 0.717) is 6.54 Å². The first-order valence-corrected chi connectivity index (χ1v) is 7.04. The zero-order valence-corrected chi connectivity index (χ0v) is 14.7. The first kappa shape index (κ1) is 18.2. The molecule has 1 unspecified atom stereocenters. The third kappa shape index (κ3) is 7.14. The minimum absolute atomic E-state index is 0. The Morgan fingerprint density at radius 1 is 1.48 bits per heavy atom. The van der Waals surface area contributed by atoms with Crippen LogP contribution in [0.2, 0.25) is 0 Å². The molecular formula is C14H24IN3O3. The second-order valence-electron chi connectivity index (χ2n) is 4.64. The van der Waals surface area contributed by atoms with Crippen LogP contribution in [0.3, 0.4) is 0 Å². The number of hydrogen-bond donors (Lipinski definition) is 2. The highest BCUT2D eigenvalue weighted by Gasteiger charge is 2.15. The molecule has 0 bridgehead atoms. The summed E-state index contributed by atoms with van der Waals surface area (Å²) in [6.45, 7) is 3.76. The van der Waals surface area contributed by atoms with Crippen LogP contribution in [0.5, 0.6) is 0 Å². The van der Waals surface area contributed by atoms with Gasteiger partial charge in [-0.1, -0.05) is 0 Å². The van der Waals surface area contributed by atoms with E-state index in [1.165, 1.54) is 0 Å². The standard InChI is InChI=1S/C14H23N3O3.HI/c1-15-14(17-10-12-4-2-7-19-12)16-6-3-8-20-13-5-9-18-11-13;/h2,4,7,13H,3,5-6,8-11H2,1H3,(H2,15,16,17);1H. The lowest BCUT2D eigenvalue weighted by Crippen LogP contribution is -2.37. The maximum Gasteiger partial charge on any atom is 0.191 e. The molecule has 1 aliphatic rings. The lowest BCUT2D eigenvalue weighted by molar-refractivity contribution is 0.0420. The number of rotatable bonds is 7. The van der Waals surface area contributed by atoms with Gasteiger partial charge in [0, 0.05) is 26.8 Å². The number of furan rings is 1. The number of aliphatic imine (C=N–C) groups is 1. The molecule has 0 spiro atoms. The first-order valence-electron chi connectivity index (χ1n) is 7.04. The Hall–Kier alpha value is -0.800. The molecule has 1 atom stereocenters. The highest BCUT2D eigenvalue weighted by Crippen LogP contribution is 2.07. The van der Waals surface area contributed by atoms with Crippen LogP contribution in [0, 0.1) is 0 Å². The smallest absolute Gasteiger partial charge is 0.191 e. The zero-order chi connectivity index (χ0) is 14.0. The summed E-state index contributed by atoms with van der Waals surface area (Å²) in [5.74, 6) is 1.66. The predicted octanol–water partition coefficient (Wildman–Crippen LogP) is 1.76. The van der Waals surface area contributed by atoms with Crippen molar-refractivity contribution in [3.63, 3.8) is 0 Å². The summed E-state index contributed by atoms with van der Waals surface area (Å²) >= 11 is 0. The number of nitrogens with one attached hydrogen (secondary N) is 2. The molecule has 2 rings (SSSR count). The van der Waals surface area contributed by atoms with Crippen molar-refractivity contribution in [3.8, 4) is 0 Å². The summed E-state index contributed by atoms with van der Waals surface area (Å²) in [5.41, 5.74) is 0. The van der Waals surface area contributed by atoms with Crippen molar-refractivity contribution in [2.45, 2.75) is 25.5 Å². The van der Waals surface area contributed by atoms with Gasteiger partial charge in [-0.3, -0.25) is 4.99 Å². The van der Waals surface area contributed by atoms with Crippen LogP contribution in [-0.2, 0) is 16.0 Å². The van der Waals surface area contributed by atoms with Crippen molar-refractivity contribution in [1.82, 2.24) is 10.6 Å². The Morgan fingerprint density at radius 3 is 3.05 bits per heavy atom. The largest absolute Gasteiger partial charge is 0.467 e. The van der Waals surface area contributed by atoms with Gasteiger partial charge in [-0.15, -0.1) is 24.0 Å². The number of nitrogens with zero attached hydrogens (tertiary/aromatic N) is 1. The number of guanidine groups is 1. The van der Waals surface area contributed by atoms with E-state index in [4.69, 9.17) is 13.9 Å². The molecule has 0 saturated carbocycles. The summed E-state index contributed by atoms with van der Waals surface area (Å²) in [6, 6.07) is 3.80. The van der Waals surface area contributed by atoms with E-state index in [9.17, 15) is 0 Å². The van der Waals surface area contributed by atoms with E-state index in [2.05, 4.69) is 15.6 Å². The molecule has 0 radical (unpaired) electrons. The minimum Gasteiger partial charge on any atom is -0.467 e. The fourth-order valence-corrected chi connectivity index (χ4v) is 1.98. The van der Waals surface area contributed by atoms with Crippen LogP contribution in [0.4, 0.5) is 0 Å². The molecule has 21 heavy (non-hydrogen) atoms. The van der Waals surface area contributed by atoms with Crippen LogP contribution in [0.25, 0.3) is 0 Å². The monoisotopic (exact) mass is 409 g/mol. The third-order valence-electron chi connectivity index (χ3n) is 3.09. The van der Waals surface area contributed by atoms with Crippen molar-refractivity contribution in [3.05, 3.63) is 24.2 Å². The predicted molar refractivity (Wildman–Crippen MR) is 92.1 cm³/mol. The molecule has 0 aromatic carbocycles. The highest BCUT2D eigenvalue weighted by molar-refractivity contribution is 14.0. The Kier molecular flexibility index (Phi) is 9.44. The summed E-state index contributed by atoms with van der Waals surface area (Å²) in [5, 5.41) is 6.43. The Labute approximate surface area is 142 Å². The SMILES string of the molecule is CN=C(NCCCOC1CCOC1)NCc1ccco1.I. The van der Waals surface area contributed by atoms with Gasteiger partial charge >= 0.3 is 0 Å². The second-order valence-corrected chi connectivity index (χ2v) is 4.64. The van der Waals surface area contributed by atoms with E-state index in [0.717, 1.165) is 50.9 Å². The van der Waals surface area contributed by atoms with Crippen LogP contribution in [0.15, 0.2) is 27.8 Å². The quantitative estimate of drug-likeness (QED) is 0.311. The molecule has 1 aromatic rings. The molecule has 1 aromatic heterocycles. The molecule has 0 amide bonds. The van der Waals surface area contributed by atoms with E-state index in [1.807, 2.05) is 12.1 Å². The van der Waals surface area contributed by atoms with Gasteiger partial charge in [0.05, 0.1) is 25.5 Å². The molecule has 7 heteroatoms. The third-order valence-corrected chi connectivity index (χ3v) is 3.09. The van der Waals surface area contributed by atoms with Crippen molar-refractivity contribution in [2.24, 2.45) is 4.99 Å². The average Bonchev–Trinajstić information content (AvgIpc) is 3.14. The lowest BCUT2D eigenvalue weighted by Gasteiger charge is -2.12. The van der Waals surface area contributed by atoms with Crippen molar-refractivity contribution in [1.29, 1.82) is 0 Å². The zero-order valence-electron chi connectivity index (χ0n) is 12.3. The molecule has 1 fully saturated rings. The van der Waals surface area contributed by atoms with E-state index < -0.39 is 0 Å². The molecule has 1 saturated heterocycles. The van der Waals surface area contributed by atoms with Gasteiger partial charge in [-0.2, -0.15) is 0 Å².